The lowest BCUT2D eigenvalue weighted by molar-refractivity contribution is 0.0906. The van der Waals surface area contributed by atoms with Crippen molar-refractivity contribution in [3.63, 3.8) is 0 Å². The third-order valence-electron chi connectivity index (χ3n) is 2.76. The van der Waals surface area contributed by atoms with E-state index in [-0.39, 0.29) is 5.91 Å². The fourth-order valence-electron chi connectivity index (χ4n) is 1.95. The zero-order valence-electron chi connectivity index (χ0n) is 9.72. The number of aromatic nitrogens is 2. The number of fused-ring (bicyclic) bond motifs is 1. The van der Waals surface area contributed by atoms with Crippen LogP contribution in [0.15, 0.2) is 39.8 Å². The Morgan fingerprint density at radius 2 is 2.17 bits per heavy atom. The van der Waals surface area contributed by atoms with Gasteiger partial charge in [-0.2, -0.15) is 9.78 Å². The standard InChI is InChI=1S/C13H10BrN3O/c1-8-5-13(18)17-12(15-8)7-11(16-17)9-3-2-4-10(14)6-9/h2-4,6-7H,5H2,1H3. The molecule has 0 bridgehead atoms. The Morgan fingerprint density at radius 1 is 1.33 bits per heavy atom. The summed E-state index contributed by atoms with van der Waals surface area (Å²) >= 11 is 3.42. The van der Waals surface area contributed by atoms with Crippen LogP contribution >= 0.6 is 15.9 Å². The quantitative estimate of drug-likeness (QED) is 0.810. The number of carbonyl (C=O) groups excluding carboxylic acids is 1. The molecule has 1 aromatic heterocycles. The summed E-state index contributed by atoms with van der Waals surface area (Å²) in [6.45, 7) is 1.85. The second kappa shape index (κ2) is 4.17. The predicted octanol–water partition coefficient (Wildman–Crippen LogP) is 3.45. The van der Waals surface area contributed by atoms with E-state index in [1.807, 2.05) is 37.3 Å². The number of nitrogens with zero attached hydrogens (tertiary/aromatic N) is 3. The lowest BCUT2D eigenvalue weighted by atomic mass is 10.1. The highest BCUT2D eigenvalue weighted by atomic mass is 79.9. The first-order chi connectivity index (χ1) is 8.63. The van der Waals surface area contributed by atoms with Gasteiger partial charge in [0.25, 0.3) is 5.91 Å². The highest BCUT2D eigenvalue weighted by molar-refractivity contribution is 9.10. The molecule has 0 radical (unpaired) electrons. The number of hydrogen-bond acceptors (Lipinski definition) is 3. The Labute approximate surface area is 112 Å². The molecule has 3 rings (SSSR count). The van der Waals surface area contributed by atoms with Crippen molar-refractivity contribution in [1.29, 1.82) is 0 Å². The first-order valence-corrected chi connectivity index (χ1v) is 6.36. The first kappa shape index (κ1) is 11.3. The maximum absolute atomic E-state index is 11.8. The molecule has 0 saturated carbocycles. The van der Waals surface area contributed by atoms with Crippen LogP contribution < -0.4 is 0 Å². The summed E-state index contributed by atoms with van der Waals surface area (Å²) in [5, 5.41) is 4.32. The maximum Gasteiger partial charge on any atom is 0.254 e. The van der Waals surface area contributed by atoms with Crippen molar-refractivity contribution in [3.05, 3.63) is 34.8 Å². The van der Waals surface area contributed by atoms with Gasteiger partial charge in [-0.1, -0.05) is 28.1 Å². The van der Waals surface area contributed by atoms with Gasteiger partial charge in [0.15, 0.2) is 5.82 Å². The van der Waals surface area contributed by atoms with E-state index in [4.69, 9.17) is 0 Å². The van der Waals surface area contributed by atoms with E-state index in [0.717, 1.165) is 21.4 Å². The minimum atomic E-state index is -0.0289. The summed E-state index contributed by atoms with van der Waals surface area (Å²) in [6.07, 6.45) is 0.340. The number of aliphatic imine (C=N–C) groups is 1. The van der Waals surface area contributed by atoms with Gasteiger partial charge in [-0.3, -0.25) is 4.79 Å². The average molecular weight is 304 g/mol. The molecule has 4 nitrogen and oxygen atoms in total. The summed E-state index contributed by atoms with van der Waals surface area (Å²) in [4.78, 5) is 16.2. The van der Waals surface area contributed by atoms with E-state index < -0.39 is 0 Å². The molecule has 0 fully saturated rings. The van der Waals surface area contributed by atoms with E-state index >= 15 is 0 Å². The molecule has 0 aliphatic carbocycles. The van der Waals surface area contributed by atoms with Crippen molar-refractivity contribution < 1.29 is 4.79 Å². The number of halogens is 1. The average Bonchev–Trinajstić information content (AvgIpc) is 2.73. The number of rotatable bonds is 1. The molecule has 2 aromatic rings. The van der Waals surface area contributed by atoms with Crippen molar-refractivity contribution in [3.8, 4) is 11.3 Å². The molecular weight excluding hydrogens is 294 g/mol. The Morgan fingerprint density at radius 3 is 2.94 bits per heavy atom. The van der Waals surface area contributed by atoms with Crippen LogP contribution in [0.4, 0.5) is 5.82 Å². The lowest BCUT2D eigenvalue weighted by Crippen LogP contribution is -2.19. The predicted molar refractivity (Wildman–Crippen MR) is 73.4 cm³/mol. The van der Waals surface area contributed by atoms with Crippen LogP contribution in [0.1, 0.15) is 18.1 Å². The van der Waals surface area contributed by atoms with Gasteiger partial charge in [0.05, 0.1) is 12.1 Å². The molecule has 1 aromatic carbocycles. The number of benzene rings is 1. The van der Waals surface area contributed by atoms with Crippen molar-refractivity contribution >= 4 is 33.4 Å². The normalized spacial score (nSPS) is 14.3. The summed E-state index contributed by atoms with van der Waals surface area (Å²) in [5.41, 5.74) is 2.55. The Balaban J connectivity index is 2.12. The molecule has 0 spiro atoms. The lowest BCUT2D eigenvalue weighted by Gasteiger charge is -2.08. The zero-order chi connectivity index (χ0) is 12.7. The third kappa shape index (κ3) is 1.90. The van der Waals surface area contributed by atoms with Gasteiger partial charge in [-0.25, -0.2) is 4.99 Å². The third-order valence-corrected chi connectivity index (χ3v) is 3.25. The van der Waals surface area contributed by atoms with Crippen LogP contribution in [0.2, 0.25) is 0 Å². The van der Waals surface area contributed by atoms with Gasteiger partial charge in [0.1, 0.15) is 0 Å². The van der Waals surface area contributed by atoms with Crippen molar-refractivity contribution in [2.24, 2.45) is 4.99 Å². The van der Waals surface area contributed by atoms with Crippen molar-refractivity contribution in [1.82, 2.24) is 9.78 Å². The molecule has 1 aliphatic heterocycles. The molecule has 18 heavy (non-hydrogen) atoms. The Kier molecular flexibility index (Phi) is 2.63. The molecule has 2 heterocycles. The van der Waals surface area contributed by atoms with Gasteiger partial charge in [-0.05, 0) is 19.1 Å². The van der Waals surface area contributed by atoms with Crippen molar-refractivity contribution in [2.45, 2.75) is 13.3 Å². The zero-order valence-corrected chi connectivity index (χ0v) is 11.3. The fourth-order valence-corrected chi connectivity index (χ4v) is 2.35. The minimum Gasteiger partial charge on any atom is -0.272 e. The highest BCUT2D eigenvalue weighted by Gasteiger charge is 2.20. The fraction of sp³-hybridized carbons (Fsp3) is 0.154. The molecule has 5 heteroatoms. The van der Waals surface area contributed by atoms with Gasteiger partial charge < -0.3 is 0 Å². The smallest absolute Gasteiger partial charge is 0.254 e. The Bertz CT molecular complexity index is 673. The van der Waals surface area contributed by atoms with E-state index in [2.05, 4.69) is 26.0 Å². The monoisotopic (exact) mass is 303 g/mol. The Hall–Kier alpha value is -1.75. The van der Waals surface area contributed by atoms with Crippen LogP contribution in [0.5, 0.6) is 0 Å². The van der Waals surface area contributed by atoms with Gasteiger partial charge in [0.2, 0.25) is 0 Å². The largest absolute Gasteiger partial charge is 0.272 e. The second-order valence-electron chi connectivity index (χ2n) is 4.23. The van der Waals surface area contributed by atoms with Crippen LogP contribution in [-0.2, 0) is 0 Å². The SMILES string of the molecule is CC1=Nc2cc(-c3cccc(Br)c3)nn2C(=O)C1. The van der Waals surface area contributed by atoms with E-state index in [9.17, 15) is 4.79 Å². The molecule has 0 unspecified atom stereocenters. The topological polar surface area (TPSA) is 47.2 Å². The molecule has 0 saturated heterocycles. The number of hydrogen-bond donors (Lipinski definition) is 0. The number of carbonyl (C=O) groups is 1. The minimum absolute atomic E-state index is 0.0289. The van der Waals surface area contributed by atoms with Gasteiger partial charge in [0, 0.05) is 21.8 Å². The van der Waals surface area contributed by atoms with Crippen LogP contribution in [0.25, 0.3) is 11.3 Å². The van der Waals surface area contributed by atoms with Crippen LogP contribution in [0, 0.1) is 0 Å². The van der Waals surface area contributed by atoms with Gasteiger partial charge in [-0.15, -0.1) is 0 Å². The molecule has 90 valence electrons. The van der Waals surface area contributed by atoms with Crippen molar-refractivity contribution in [2.75, 3.05) is 0 Å². The molecule has 0 amide bonds. The summed E-state index contributed by atoms with van der Waals surface area (Å²) in [5.74, 6) is 0.581. The van der Waals surface area contributed by atoms with Gasteiger partial charge >= 0.3 is 0 Å². The maximum atomic E-state index is 11.8. The molecular formula is C13H10BrN3O. The van der Waals surface area contributed by atoms with E-state index in [0.29, 0.717) is 12.2 Å². The summed E-state index contributed by atoms with van der Waals surface area (Å²) in [7, 11) is 0. The van der Waals surface area contributed by atoms with Crippen LogP contribution in [-0.4, -0.2) is 21.4 Å². The molecule has 0 N–H and O–H groups in total. The summed E-state index contributed by atoms with van der Waals surface area (Å²) in [6, 6.07) is 9.65. The summed E-state index contributed by atoms with van der Waals surface area (Å²) < 4.78 is 2.36. The molecule has 0 atom stereocenters. The first-order valence-electron chi connectivity index (χ1n) is 5.57. The van der Waals surface area contributed by atoms with E-state index in [1.165, 1.54) is 4.68 Å². The van der Waals surface area contributed by atoms with Crippen LogP contribution in [0.3, 0.4) is 0 Å². The van der Waals surface area contributed by atoms with E-state index in [1.54, 1.807) is 0 Å². The molecule has 1 aliphatic rings. The second-order valence-corrected chi connectivity index (χ2v) is 5.14. The highest BCUT2D eigenvalue weighted by Crippen LogP contribution is 2.28.